The van der Waals surface area contributed by atoms with E-state index in [1.165, 1.54) is 94.7 Å². The summed E-state index contributed by atoms with van der Waals surface area (Å²) < 4.78 is 5.73. The molecule has 0 aromatic heterocycles. The van der Waals surface area contributed by atoms with E-state index in [9.17, 15) is 20.2 Å². The molecule has 0 N–H and O–H groups in total. The van der Waals surface area contributed by atoms with Gasteiger partial charge in [-0.3, -0.25) is 20.2 Å². The maximum atomic E-state index is 11.1. The summed E-state index contributed by atoms with van der Waals surface area (Å²) in [4.78, 5) is 20.9. The van der Waals surface area contributed by atoms with E-state index < -0.39 is 9.85 Å². The molecule has 2 aliphatic rings. The first-order valence-corrected chi connectivity index (χ1v) is 13.6. The number of rotatable bonds is 10. The first-order valence-electron chi connectivity index (χ1n) is 13.6. The molecule has 36 heavy (non-hydrogen) atoms. The van der Waals surface area contributed by atoms with Gasteiger partial charge in [-0.05, 0) is 79.9 Å². The Labute approximate surface area is 213 Å². The van der Waals surface area contributed by atoms with Crippen molar-refractivity contribution in [3.63, 3.8) is 0 Å². The zero-order valence-corrected chi connectivity index (χ0v) is 21.3. The van der Waals surface area contributed by atoms with Crippen LogP contribution in [0, 0.1) is 38.0 Å². The molecular formula is C29H38N2O5. The Bertz CT molecular complexity index is 990. The standard InChI is InChI=1S/C29H38N2O5/c1-2-3-4-5-21-6-8-22(9-7-21)23-10-12-24(13-11-23)25-14-16-28(17-15-25)36-29-19-26(30(32)33)18-27(20-29)31(34)35/h14-24H,2-13H2,1H3. The van der Waals surface area contributed by atoms with Crippen LogP contribution in [0.5, 0.6) is 11.5 Å². The molecule has 0 amide bonds. The monoisotopic (exact) mass is 494 g/mol. The van der Waals surface area contributed by atoms with E-state index >= 15 is 0 Å². The molecule has 2 fully saturated rings. The minimum atomic E-state index is -0.654. The van der Waals surface area contributed by atoms with Gasteiger partial charge < -0.3 is 4.74 Å². The molecule has 2 aliphatic carbocycles. The van der Waals surface area contributed by atoms with Crippen molar-refractivity contribution in [3.05, 3.63) is 68.3 Å². The number of unbranched alkanes of at least 4 members (excludes halogenated alkanes) is 2. The van der Waals surface area contributed by atoms with Crippen molar-refractivity contribution >= 4 is 11.4 Å². The molecule has 0 aliphatic heterocycles. The van der Waals surface area contributed by atoms with E-state index in [1.807, 2.05) is 12.1 Å². The second-order valence-corrected chi connectivity index (χ2v) is 10.8. The summed E-state index contributed by atoms with van der Waals surface area (Å²) in [5.74, 6) is 3.92. The molecule has 194 valence electrons. The van der Waals surface area contributed by atoms with E-state index in [1.54, 1.807) is 0 Å². The zero-order valence-electron chi connectivity index (χ0n) is 21.3. The Hall–Kier alpha value is -2.96. The number of benzene rings is 2. The summed E-state index contributed by atoms with van der Waals surface area (Å²) >= 11 is 0. The van der Waals surface area contributed by atoms with Gasteiger partial charge in [0.15, 0.2) is 0 Å². The van der Waals surface area contributed by atoms with E-state index in [0.29, 0.717) is 11.7 Å². The lowest BCUT2D eigenvalue weighted by Crippen LogP contribution is -2.25. The highest BCUT2D eigenvalue weighted by Crippen LogP contribution is 2.45. The normalized spacial score (nSPS) is 24.2. The molecule has 0 radical (unpaired) electrons. The van der Waals surface area contributed by atoms with E-state index in [4.69, 9.17) is 4.74 Å². The molecular weight excluding hydrogens is 456 g/mol. The summed E-state index contributed by atoms with van der Waals surface area (Å²) in [6, 6.07) is 11.2. The first kappa shape index (κ1) is 26.1. The van der Waals surface area contributed by atoms with E-state index in [-0.39, 0.29) is 17.1 Å². The average molecular weight is 495 g/mol. The molecule has 2 aromatic carbocycles. The van der Waals surface area contributed by atoms with E-state index in [0.717, 1.165) is 23.8 Å². The summed E-state index contributed by atoms with van der Waals surface area (Å²) in [6.07, 6.45) is 16.3. The maximum Gasteiger partial charge on any atom is 0.280 e. The number of hydrogen-bond acceptors (Lipinski definition) is 5. The summed E-state index contributed by atoms with van der Waals surface area (Å²) in [5.41, 5.74) is 0.570. The molecule has 0 atom stereocenters. The lowest BCUT2D eigenvalue weighted by molar-refractivity contribution is -0.394. The van der Waals surface area contributed by atoms with Crippen LogP contribution in [0.15, 0.2) is 42.5 Å². The third-order valence-electron chi connectivity index (χ3n) is 8.43. The lowest BCUT2D eigenvalue weighted by atomic mass is 9.68. The predicted octanol–water partition coefficient (Wildman–Crippen LogP) is 8.96. The van der Waals surface area contributed by atoms with Crippen molar-refractivity contribution in [3.8, 4) is 11.5 Å². The van der Waals surface area contributed by atoms with Crippen molar-refractivity contribution in [2.75, 3.05) is 0 Å². The van der Waals surface area contributed by atoms with Crippen molar-refractivity contribution in [2.24, 2.45) is 17.8 Å². The number of nitro benzene ring substituents is 2. The van der Waals surface area contributed by atoms with Crippen LogP contribution in [0.3, 0.4) is 0 Å². The molecule has 0 unspecified atom stereocenters. The first-order chi connectivity index (χ1) is 17.4. The largest absolute Gasteiger partial charge is 0.457 e. The Morgan fingerprint density at radius 1 is 0.750 bits per heavy atom. The molecule has 7 nitrogen and oxygen atoms in total. The molecule has 0 saturated heterocycles. The highest BCUT2D eigenvalue weighted by molar-refractivity contribution is 5.50. The van der Waals surface area contributed by atoms with Crippen molar-refractivity contribution < 1.29 is 14.6 Å². The second kappa shape index (κ2) is 12.3. The Balaban J connectivity index is 1.28. The van der Waals surface area contributed by atoms with Gasteiger partial charge in [0.25, 0.3) is 11.4 Å². The predicted molar refractivity (Wildman–Crippen MR) is 141 cm³/mol. The quantitative estimate of drug-likeness (QED) is 0.186. The topological polar surface area (TPSA) is 95.5 Å². The Kier molecular flexibility index (Phi) is 8.94. The van der Waals surface area contributed by atoms with Gasteiger partial charge >= 0.3 is 0 Å². The van der Waals surface area contributed by atoms with Crippen molar-refractivity contribution in [1.82, 2.24) is 0 Å². The number of nitrogens with zero attached hydrogens (tertiary/aromatic N) is 2. The zero-order chi connectivity index (χ0) is 25.5. The SMILES string of the molecule is CCCCCC1CCC(C2CCC(c3ccc(Oc4cc([N+](=O)[O-])cc([N+](=O)[O-])c4)cc3)CC2)CC1. The van der Waals surface area contributed by atoms with Gasteiger partial charge in [0.2, 0.25) is 0 Å². The summed E-state index contributed by atoms with van der Waals surface area (Å²) in [5, 5.41) is 22.2. The molecule has 0 bridgehead atoms. The number of nitro groups is 2. The van der Waals surface area contributed by atoms with Crippen LogP contribution in [0.4, 0.5) is 11.4 Å². The molecule has 0 spiro atoms. The number of non-ortho nitro benzene ring substituents is 2. The Morgan fingerprint density at radius 2 is 1.31 bits per heavy atom. The van der Waals surface area contributed by atoms with Crippen LogP contribution in [0.2, 0.25) is 0 Å². The fraction of sp³-hybridized carbons (Fsp3) is 0.586. The maximum absolute atomic E-state index is 11.1. The fourth-order valence-electron chi connectivity index (χ4n) is 6.34. The number of ether oxygens (including phenoxy) is 1. The third kappa shape index (κ3) is 6.83. The minimum absolute atomic E-state index is 0.0873. The van der Waals surface area contributed by atoms with Gasteiger partial charge in [0.05, 0.1) is 28.0 Å². The molecule has 0 heterocycles. The smallest absolute Gasteiger partial charge is 0.280 e. The number of hydrogen-bond donors (Lipinski definition) is 0. The van der Waals surface area contributed by atoms with E-state index in [2.05, 4.69) is 19.1 Å². The molecule has 2 saturated carbocycles. The third-order valence-corrected chi connectivity index (χ3v) is 8.43. The van der Waals surface area contributed by atoms with Crippen LogP contribution in [0.1, 0.15) is 95.5 Å². The van der Waals surface area contributed by atoms with Gasteiger partial charge in [0.1, 0.15) is 11.5 Å². The molecule has 7 heteroatoms. The van der Waals surface area contributed by atoms with Gasteiger partial charge in [-0.15, -0.1) is 0 Å². The average Bonchev–Trinajstić information content (AvgIpc) is 2.89. The van der Waals surface area contributed by atoms with Crippen LogP contribution < -0.4 is 4.74 Å². The highest BCUT2D eigenvalue weighted by atomic mass is 16.6. The van der Waals surface area contributed by atoms with Crippen LogP contribution in [-0.4, -0.2) is 9.85 Å². The van der Waals surface area contributed by atoms with Crippen LogP contribution in [0.25, 0.3) is 0 Å². The van der Waals surface area contributed by atoms with Gasteiger partial charge in [-0.2, -0.15) is 0 Å². The summed E-state index contributed by atoms with van der Waals surface area (Å²) in [7, 11) is 0. The van der Waals surface area contributed by atoms with Gasteiger partial charge in [-0.1, -0.05) is 57.6 Å². The van der Waals surface area contributed by atoms with Crippen LogP contribution in [-0.2, 0) is 0 Å². The van der Waals surface area contributed by atoms with Crippen LogP contribution >= 0.6 is 0 Å². The molecule has 2 aromatic rings. The second-order valence-electron chi connectivity index (χ2n) is 10.8. The lowest BCUT2D eigenvalue weighted by Gasteiger charge is -2.38. The van der Waals surface area contributed by atoms with Gasteiger partial charge in [0, 0.05) is 0 Å². The van der Waals surface area contributed by atoms with Gasteiger partial charge in [-0.25, -0.2) is 0 Å². The fourth-order valence-corrected chi connectivity index (χ4v) is 6.34. The highest BCUT2D eigenvalue weighted by Gasteiger charge is 2.31. The molecule has 4 rings (SSSR count). The minimum Gasteiger partial charge on any atom is -0.457 e. The van der Waals surface area contributed by atoms with Crippen molar-refractivity contribution in [2.45, 2.75) is 89.9 Å². The summed E-state index contributed by atoms with van der Waals surface area (Å²) in [6.45, 7) is 2.28. The Morgan fingerprint density at radius 3 is 1.83 bits per heavy atom. The van der Waals surface area contributed by atoms with Crippen molar-refractivity contribution in [1.29, 1.82) is 0 Å².